The van der Waals surface area contributed by atoms with Crippen LogP contribution < -0.4 is 11.3 Å². The summed E-state index contributed by atoms with van der Waals surface area (Å²) < 4.78 is 0. The zero-order valence-corrected chi connectivity index (χ0v) is 6.83. The number of hydrazine groups is 1. The van der Waals surface area contributed by atoms with Gasteiger partial charge in [0.25, 0.3) is 0 Å². The van der Waals surface area contributed by atoms with Gasteiger partial charge in [-0.15, -0.1) is 0 Å². The first-order chi connectivity index (χ1) is 5.24. The van der Waals surface area contributed by atoms with Crippen molar-refractivity contribution in [3.8, 4) is 0 Å². The highest BCUT2D eigenvalue weighted by Gasteiger charge is 1.97. The molecule has 0 bridgehead atoms. The Bertz CT molecular complexity index is 215. The molecule has 0 saturated carbocycles. The molecule has 0 saturated heterocycles. The second-order valence-electron chi connectivity index (χ2n) is 2.78. The van der Waals surface area contributed by atoms with Gasteiger partial charge >= 0.3 is 0 Å². The molecule has 0 unspecified atom stereocenters. The van der Waals surface area contributed by atoms with Gasteiger partial charge in [-0.25, -0.2) is 10.8 Å². The molecule has 0 atom stereocenters. The minimum atomic E-state index is 0.523. The molecule has 0 aromatic carbocycles. The number of nitrogens with one attached hydrogen (secondary N) is 1. The molecule has 0 fully saturated rings. The van der Waals surface area contributed by atoms with Crippen molar-refractivity contribution < 1.29 is 0 Å². The molecule has 3 heteroatoms. The van der Waals surface area contributed by atoms with Crippen LogP contribution in [0.2, 0.25) is 0 Å². The van der Waals surface area contributed by atoms with Crippen molar-refractivity contribution in [1.29, 1.82) is 0 Å². The Morgan fingerprint density at radius 2 is 2.18 bits per heavy atom. The minimum Gasteiger partial charge on any atom is -0.308 e. The molecule has 0 spiro atoms. The van der Waals surface area contributed by atoms with Gasteiger partial charge in [0.05, 0.1) is 0 Å². The van der Waals surface area contributed by atoms with E-state index < -0.39 is 0 Å². The molecular formula is C8H13N3. The second-order valence-corrected chi connectivity index (χ2v) is 2.78. The standard InChI is InChI=1S/C8H13N3/c1-6(2)7-3-4-8(11-9)10-5-7/h3-6H,9H2,1-2H3,(H,10,11). The van der Waals surface area contributed by atoms with Crippen LogP contribution in [0.25, 0.3) is 0 Å². The van der Waals surface area contributed by atoms with Crippen molar-refractivity contribution in [2.45, 2.75) is 19.8 Å². The maximum absolute atomic E-state index is 5.16. The molecule has 0 amide bonds. The van der Waals surface area contributed by atoms with E-state index >= 15 is 0 Å². The summed E-state index contributed by atoms with van der Waals surface area (Å²) in [6.07, 6.45) is 1.83. The Morgan fingerprint density at radius 1 is 1.45 bits per heavy atom. The normalized spacial score (nSPS) is 10.2. The Kier molecular flexibility index (Phi) is 2.44. The van der Waals surface area contributed by atoms with Crippen LogP contribution in [0.5, 0.6) is 0 Å². The van der Waals surface area contributed by atoms with Crippen molar-refractivity contribution >= 4 is 5.82 Å². The fourth-order valence-corrected chi connectivity index (χ4v) is 0.832. The minimum absolute atomic E-state index is 0.523. The highest BCUT2D eigenvalue weighted by Crippen LogP contribution is 2.13. The van der Waals surface area contributed by atoms with Crippen LogP contribution in [-0.2, 0) is 0 Å². The molecule has 3 N–H and O–H groups in total. The van der Waals surface area contributed by atoms with Crippen LogP contribution >= 0.6 is 0 Å². The first kappa shape index (κ1) is 8.01. The van der Waals surface area contributed by atoms with Crippen molar-refractivity contribution in [3.05, 3.63) is 23.9 Å². The molecule has 1 aromatic rings. The monoisotopic (exact) mass is 151 g/mol. The van der Waals surface area contributed by atoms with Crippen molar-refractivity contribution in [1.82, 2.24) is 4.98 Å². The topological polar surface area (TPSA) is 50.9 Å². The number of nitrogens with two attached hydrogens (primary N) is 1. The lowest BCUT2D eigenvalue weighted by Gasteiger charge is -2.04. The predicted octanol–water partition coefficient (Wildman–Crippen LogP) is 1.49. The van der Waals surface area contributed by atoms with E-state index in [2.05, 4.69) is 24.3 Å². The highest BCUT2D eigenvalue weighted by atomic mass is 15.2. The van der Waals surface area contributed by atoms with Gasteiger partial charge in [0.15, 0.2) is 0 Å². The van der Waals surface area contributed by atoms with Gasteiger partial charge in [-0.05, 0) is 17.5 Å². The lowest BCUT2D eigenvalue weighted by Crippen LogP contribution is -2.08. The van der Waals surface area contributed by atoms with Crippen molar-refractivity contribution in [2.24, 2.45) is 5.84 Å². The van der Waals surface area contributed by atoms with Gasteiger partial charge in [-0.2, -0.15) is 0 Å². The van der Waals surface area contributed by atoms with Gasteiger partial charge in [0.2, 0.25) is 0 Å². The highest BCUT2D eigenvalue weighted by molar-refractivity contribution is 5.34. The van der Waals surface area contributed by atoms with Gasteiger partial charge in [0, 0.05) is 6.20 Å². The molecule has 0 radical (unpaired) electrons. The third kappa shape index (κ3) is 1.91. The van der Waals surface area contributed by atoms with E-state index in [-0.39, 0.29) is 0 Å². The molecular weight excluding hydrogens is 138 g/mol. The number of pyridine rings is 1. The fraction of sp³-hybridized carbons (Fsp3) is 0.375. The molecule has 1 rings (SSSR count). The number of nitrogen functional groups attached to an aromatic ring is 1. The molecule has 3 nitrogen and oxygen atoms in total. The summed E-state index contributed by atoms with van der Waals surface area (Å²) in [6.45, 7) is 4.26. The maximum atomic E-state index is 5.16. The summed E-state index contributed by atoms with van der Waals surface area (Å²) in [6, 6.07) is 3.89. The van der Waals surface area contributed by atoms with E-state index in [1.807, 2.05) is 18.3 Å². The van der Waals surface area contributed by atoms with Crippen LogP contribution in [0.1, 0.15) is 25.3 Å². The Hall–Kier alpha value is -1.09. The molecule has 0 aliphatic heterocycles. The van der Waals surface area contributed by atoms with Gasteiger partial charge in [-0.1, -0.05) is 19.9 Å². The number of anilines is 1. The maximum Gasteiger partial charge on any atom is 0.139 e. The van der Waals surface area contributed by atoms with Gasteiger partial charge in [-0.3, -0.25) is 0 Å². The lowest BCUT2D eigenvalue weighted by atomic mass is 10.1. The first-order valence-electron chi connectivity index (χ1n) is 3.66. The molecule has 1 aromatic heterocycles. The molecule has 11 heavy (non-hydrogen) atoms. The van der Waals surface area contributed by atoms with Crippen molar-refractivity contribution in [3.63, 3.8) is 0 Å². The average Bonchev–Trinajstić information content (AvgIpc) is 2.05. The van der Waals surface area contributed by atoms with Crippen LogP contribution in [0.3, 0.4) is 0 Å². The number of aromatic nitrogens is 1. The largest absolute Gasteiger partial charge is 0.308 e. The third-order valence-electron chi connectivity index (χ3n) is 1.60. The summed E-state index contributed by atoms with van der Waals surface area (Å²) in [5.74, 6) is 6.39. The molecule has 0 aliphatic rings. The average molecular weight is 151 g/mol. The summed E-state index contributed by atoms with van der Waals surface area (Å²) >= 11 is 0. The fourth-order valence-electron chi connectivity index (χ4n) is 0.832. The molecule has 1 heterocycles. The number of rotatable bonds is 2. The lowest BCUT2D eigenvalue weighted by molar-refractivity contribution is 0.858. The van der Waals surface area contributed by atoms with Gasteiger partial charge < -0.3 is 5.43 Å². The number of hydrogen-bond acceptors (Lipinski definition) is 3. The number of hydrogen-bond donors (Lipinski definition) is 2. The smallest absolute Gasteiger partial charge is 0.139 e. The van der Waals surface area contributed by atoms with Crippen LogP contribution in [0.4, 0.5) is 5.82 Å². The Morgan fingerprint density at radius 3 is 2.55 bits per heavy atom. The van der Waals surface area contributed by atoms with E-state index in [1.54, 1.807) is 0 Å². The number of nitrogens with zero attached hydrogens (tertiary/aromatic N) is 1. The Labute approximate surface area is 66.6 Å². The van der Waals surface area contributed by atoms with Gasteiger partial charge in [0.1, 0.15) is 5.82 Å². The first-order valence-corrected chi connectivity index (χ1v) is 3.66. The zero-order chi connectivity index (χ0) is 8.27. The van der Waals surface area contributed by atoms with Crippen LogP contribution in [0, 0.1) is 0 Å². The SMILES string of the molecule is CC(C)c1ccc(NN)nc1. The quantitative estimate of drug-likeness (QED) is 0.497. The molecule has 0 aliphatic carbocycles. The van der Waals surface area contributed by atoms with Crippen molar-refractivity contribution in [2.75, 3.05) is 5.43 Å². The third-order valence-corrected chi connectivity index (χ3v) is 1.60. The zero-order valence-electron chi connectivity index (χ0n) is 6.83. The molecule has 60 valence electrons. The van der Waals surface area contributed by atoms with E-state index in [4.69, 9.17) is 5.84 Å². The van der Waals surface area contributed by atoms with E-state index in [0.29, 0.717) is 11.7 Å². The van der Waals surface area contributed by atoms with E-state index in [0.717, 1.165) is 0 Å². The second kappa shape index (κ2) is 3.34. The van der Waals surface area contributed by atoms with Crippen LogP contribution in [0.15, 0.2) is 18.3 Å². The van der Waals surface area contributed by atoms with Crippen LogP contribution in [-0.4, -0.2) is 4.98 Å². The summed E-state index contributed by atoms with van der Waals surface area (Å²) in [7, 11) is 0. The summed E-state index contributed by atoms with van der Waals surface area (Å²) in [5.41, 5.74) is 3.71. The summed E-state index contributed by atoms with van der Waals surface area (Å²) in [4.78, 5) is 4.08. The predicted molar refractivity (Wildman–Crippen MR) is 46.1 cm³/mol. The van der Waals surface area contributed by atoms with E-state index in [1.165, 1.54) is 5.56 Å². The summed E-state index contributed by atoms with van der Waals surface area (Å²) in [5, 5.41) is 0. The Balaban J connectivity index is 2.83. The van der Waals surface area contributed by atoms with E-state index in [9.17, 15) is 0 Å².